The summed E-state index contributed by atoms with van der Waals surface area (Å²) in [5.74, 6) is -3.07. The molecule has 8 atom stereocenters. The van der Waals surface area contributed by atoms with Gasteiger partial charge in [0, 0.05) is 18.8 Å². The third-order valence-corrected chi connectivity index (χ3v) is 9.02. The molecular weight excluding hydrogens is 392 g/mol. The van der Waals surface area contributed by atoms with Crippen molar-refractivity contribution in [3.05, 3.63) is 12.2 Å². The van der Waals surface area contributed by atoms with Crippen LogP contribution < -0.4 is 0 Å². The Kier molecular flexibility index (Phi) is 3.90. The van der Waals surface area contributed by atoms with E-state index in [0.29, 0.717) is 44.1 Å². The van der Waals surface area contributed by atoms with Crippen LogP contribution in [-0.2, 0) is 28.6 Å². The second kappa shape index (κ2) is 5.85. The van der Waals surface area contributed by atoms with Gasteiger partial charge in [0.15, 0.2) is 0 Å². The Hall–Kier alpha value is -1.93. The summed E-state index contributed by atoms with van der Waals surface area (Å²) < 4.78 is 16.2. The van der Waals surface area contributed by atoms with Gasteiger partial charge in [-0.3, -0.25) is 14.4 Å². The third kappa shape index (κ3) is 2.11. The van der Waals surface area contributed by atoms with Gasteiger partial charge in [0.25, 0.3) is 0 Å². The second-order valence-electron chi connectivity index (χ2n) is 10.2. The zero-order valence-corrected chi connectivity index (χ0v) is 17.3. The van der Waals surface area contributed by atoms with Gasteiger partial charge >= 0.3 is 17.9 Å². The third-order valence-electron chi connectivity index (χ3n) is 9.02. The van der Waals surface area contributed by atoms with Gasteiger partial charge in [0.2, 0.25) is 6.79 Å². The molecule has 8 nitrogen and oxygen atoms in total. The first-order chi connectivity index (χ1) is 14.0. The van der Waals surface area contributed by atoms with Gasteiger partial charge in [-0.05, 0) is 56.4 Å². The predicted octanol–water partition coefficient (Wildman–Crippen LogP) is 1.23. The van der Waals surface area contributed by atoms with E-state index < -0.39 is 64.7 Å². The van der Waals surface area contributed by atoms with Crippen LogP contribution in [0.1, 0.15) is 52.4 Å². The number of carbonyl (C=O) groups excluding carboxylic acids is 3. The first kappa shape index (κ1) is 20.0. The van der Waals surface area contributed by atoms with Crippen molar-refractivity contribution < 1.29 is 38.8 Å². The van der Waals surface area contributed by atoms with Crippen molar-refractivity contribution in [2.75, 3.05) is 6.79 Å². The van der Waals surface area contributed by atoms with Crippen molar-refractivity contribution in [3.8, 4) is 0 Å². The lowest BCUT2D eigenvalue weighted by Gasteiger charge is -2.45. The average Bonchev–Trinajstić information content (AvgIpc) is 3.08. The van der Waals surface area contributed by atoms with Gasteiger partial charge in [-0.25, -0.2) is 0 Å². The van der Waals surface area contributed by atoms with E-state index in [1.165, 1.54) is 6.92 Å². The molecule has 1 heterocycles. The number of ether oxygens (including phenoxy) is 3. The molecule has 0 amide bonds. The van der Waals surface area contributed by atoms with Crippen LogP contribution in [0.4, 0.5) is 0 Å². The van der Waals surface area contributed by atoms with Crippen molar-refractivity contribution in [1.29, 1.82) is 0 Å². The maximum absolute atomic E-state index is 13.4. The van der Waals surface area contributed by atoms with Crippen molar-refractivity contribution in [2.45, 2.75) is 69.7 Å². The van der Waals surface area contributed by atoms with Crippen LogP contribution >= 0.6 is 0 Å². The highest BCUT2D eigenvalue weighted by molar-refractivity contribution is 5.86. The normalized spacial score (nSPS) is 50.5. The summed E-state index contributed by atoms with van der Waals surface area (Å²) in [6, 6.07) is 0. The largest absolute Gasteiger partial charge is 0.458 e. The number of hydrogen-bond acceptors (Lipinski definition) is 8. The Morgan fingerprint density at radius 2 is 2.00 bits per heavy atom. The Morgan fingerprint density at radius 1 is 1.27 bits per heavy atom. The molecule has 8 heteroatoms. The lowest BCUT2D eigenvalue weighted by Crippen LogP contribution is -2.53. The van der Waals surface area contributed by atoms with E-state index in [-0.39, 0.29) is 5.92 Å². The standard InChI is InChI=1S/C22H28O8/c1-11-8-20-9-21(11,27)6-4-13(20)22-7-5-14(24)19(3,18(26)30-22)16(22)15(20)17(25)29-10-28-12(2)23/h13-16,24,27H,1,4-10H2,2-3H3/t13-,14+,15-,16?,19+,20+,21+,22-/m1/s1. The lowest BCUT2D eigenvalue weighted by molar-refractivity contribution is -0.177. The van der Waals surface area contributed by atoms with Crippen LogP contribution in [0.15, 0.2) is 12.2 Å². The highest BCUT2D eigenvalue weighted by Gasteiger charge is 2.84. The molecule has 1 saturated heterocycles. The van der Waals surface area contributed by atoms with E-state index in [2.05, 4.69) is 6.58 Å². The molecule has 4 aliphatic carbocycles. The maximum Gasteiger partial charge on any atom is 0.315 e. The molecule has 4 saturated carbocycles. The minimum absolute atomic E-state index is 0.126. The Labute approximate surface area is 174 Å². The topological polar surface area (TPSA) is 119 Å². The molecule has 1 unspecified atom stereocenters. The fourth-order valence-electron chi connectivity index (χ4n) is 7.89. The van der Waals surface area contributed by atoms with Crippen molar-refractivity contribution >= 4 is 17.9 Å². The summed E-state index contributed by atoms with van der Waals surface area (Å²) in [6.07, 6.45) is 1.91. The van der Waals surface area contributed by atoms with Crippen molar-refractivity contribution in [1.82, 2.24) is 0 Å². The summed E-state index contributed by atoms with van der Waals surface area (Å²) in [7, 11) is 0. The van der Waals surface area contributed by atoms with Gasteiger partial charge in [0.05, 0.1) is 23.0 Å². The molecule has 5 aliphatic rings. The summed E-state index contributed by atoms with van der Waals surface area (Å²) >= 11 is 0. The molecular formula is C22H28O8. The molecule has 30 heavy (non-hydrogen) atoms. The zero-order chi connectivity index (χ0) is 21.7. The number of aliphatic hydroxyl groups is 2. The fourth-order valence-corrected chi connectivity index (χ4v) is 7.89. The van der Waals surface area contributed by atoms with Crippen LogP contribution in [-0.4, -0.2) is 52.2 Å². The fraction of sp³-hybridized carbons (Fsp3) is 0.773. The van der Waals surface area contributed by atoms with Gasteiger partial charge < -0.3 is 24.4 Å². The Bertz CT molecular complexity index is 867. The molecule has 2 N–H and O–H groups in total. The maximum atomic E-state index is 13.4. The van der Waals surface area contributed by atoms with Crippen molar-refractivity contribution in [2.24, 2.45) is 28.6 Å². The highest BCUT2D eigenvalue weighted by Crippen LogP contribution is 2.78. The van der Waals surface area contributed by atoms with Gasteiger partial charge in [-0.1, -0.05) is 6.58 Å². The van der Waals surface area contributed by atoms with Gasteiger partial charge in [0.1, 0.15) is 5.60 Å². The average molecular weight is 420 g/mol. The van der Waals surface area contributed by atoms with Crippen LogP contribution in [0, 0.1) is 28.6 Å². The molecule has 1 spiro atoms. The summed E-state index contributed by atoms with van der Waals surface area (Å²) in [5, 5.41) is 22.0. The van der Waals surface area contributed by atoms with E-state index in [1.54, 1.807) is 6.92 Å². The SMILES string of the molecule is C=C1C[C@]23C[C@@]1(O)CC[C@H]2[C@@]12CC[C@H](O)[C@](C)(C(=O)O1)C2[C@@H]3C(=O)OCOC(C)=O. The monoisotopic (exact) mass is 420 g/mol. The number of hydrogen-bond donors (Lipinski definition) is 2. The minimum atomic E-state index is -1.22. The molecule has 164 valence electrons. The molecule has 5 fully saturated rings. The number of fused-ring (bicyclic) bond motifs is 1. The second-order valence-corrected chi connectivity index (χ2v) is 10.2. The summed E-state index contributed by atoms with van der Waals surface area (Å²) in [6.45, 7) is 6.49. The summed E-state index contributed by atoms with van der Waals surface area (Å²) in [4.78, 5) is 37.5. The number of carbonyl (C=O) groups is 3. The number of rotatable bonds is 3. The first-order valence-corrected chi connectivity index (χ1v) is 10.6. The first-order valence-electron chi connectivity index (χ1n) is 10.6. The van der Waals surface area contributed by atoms with Crippen LogP contribution in [0.3, 0.4) is 0 Å². The van der Waals surface area contributed by atoms with Crippen molar-refractivity contribution in [3.63, 3.8) is 0 Å². The highest BCUT2D eigenvalue weighted by atomic mass is 16.7. The predicted molar refractivity (Wildman–Crippen MR) is 100 cm³/mol. The number of aliphatic hydroxyl groups excluding tert-OH is 1. The minimum Gasteiger partial charge on any atom is -0.458 e. The molecule has 0 aromatic rings. The van der Waals surface area contributed by atoms with E-state index in [0.717, 1.165) is 0 Å². The Balaban J connectivity index is 1.62. The van der Waals surface area contributed by atoms with Crippen LogP contribution in [0.5, 0.6) is 0 Å². The van der Waals surface area contributed by atoms with E-state index in [1.807, 2.05) is 0 Å². The molecule has 0 aromatic heterocycles. The summed E-state index contributed by atoms with van der Waals surface area (Å²) in [5.41, 5.74) is -3.09. The van der Waals surface area contributed by atoms with Crippen LogP contribution in [0.25, 0.3) is 0 Å². The van der Waals surface area contributed by atoms with E-state index >= 15 is 0 Å². The quantitative estimate of drug-likeness (QED) is 0.398. The van der Waals surface area contributed by atoms with E-state index in [4.69, 9.17) is 14.2 Å². The molecule has 5 rings (SSSR count). The number of esters is 3. The van der Waals surface area contributed by atoms with Crippen LogP contribution in [0.2, 0.25) is 0 Å². The van der Waals surface area contributed by atoms with E-state index in [9.17, 15) is 24.6 Å². The molecule has 1 aliphatic heterocycles. The molecule has 0 radical (unpaired) electrons. The Morgan fingerprint density at radius 3 is 2.70 bits per heavy atom. The smallest absolute Gasteiger partial charge is 0.315 e. The molecule has 0 aromatic carbocycles. The zero-order valence-electron chi connectivity index (χ0n) is 17.3. The lowest BCUT2D eigenvalue weighted by atomic mass is 9.59. The van der Waals surface area contributed by atoms with Gasteiger partial charge in [-0.2, -0.15) is 0 Å². The van der Waals surface area contributed by atoms with Gasteiger partial charge in [-0.15, -0.1) is 0 Å². The molecule has 4 bridgehead atoms.